The van der Waals surface area contributed by atoms with Crippen LogP contribution in [0.25, 0.3) is 0 Å². The van der Waals surface area contributed by atoms with Crippen LogP contribution >= 0.6 is 0 Å². The van der Waals surface area contributed by atoms with E-state index in [4.69, 9.17) is 5.11 Å². The van der Waals surface area contributed by atoms with Gasteiger partial charge in [-0.05, 0) is 38.5 Å². The van der Waals surface area contributed by atoms with Gasteiger partial charge in [0.25, 0.3) is 0 Å². The lowest BCUT2D eigenvalue weighted by molar-refractivity contribution is -0.0690. The fraction of sp³-hybridized carbons (Fsp3) is 1.00. The molecule has 0 radical (unpaired) electrons. The van der Waals surface area contributed by atoms with Crippen LogP contribution < -0.4 is 0 Å². The van der Waals surface area contributed by atoms with Crippen molar-refractivity contribution in [2.24, 2.45) is 5.41 Å². The van der Waals surface area contributed by atoms with Crippen LogP contribution in [-0.2, 0) is 0 Å². The summed E-state index contributed by atoms with van der Waals surface area (Å²) in [6.07, 6.45) is 6.67. The topological polar surface area (TPSA) is 23.5 Å². The fourth-order valence-corrected chi connectivity index (χ4v) is 3.06. The molecule has 2 aliphatic rings. The number of likely N-dealkylation sites (tertiary alicyclic amines) is 1. The minimum Gasteiger partial charge on any atom is -0.396 e. The van der Waals surface area contributed by atoms with E-state index < -0.39 is 0 Å². The Morgan fingerprint density at radius 3 is 2.29 bits per heavy atom. The van der Waals surface area contributed by atoms with Gasteiger partial charge < -0.3 is 5.11 Å². The summed E-state index contributed by atoms with van der Waals surface area (Å²) in [6, 6.07) is 0. The Kier molecular flexibility index (Phi) is 2.61. The number of hydrogen-bond acceptors (Lipinski definition) is 2. The van der Waals surface area contributed by atoms with Crippen LogP contribution in [0.15, 0.2) is 0 Å². The van der Waals surface area contributed by atoms with Gasteiger partial charge in [-0.3, -0.25) is 4.90 Å². The first kappa shape index (κ1) is 10.4. The van der Waals surface area contributed by atoms with Crippen molar-refractivity contribution in [3.8, 4) is 0 Å². The van der Waals surface area contributed by atoms with E-state index in [1.54, 1.807) is 0 Å². The Balaban J connectivity index is 1.86. The standard InChI is InChI=1S/C12H23NO/c1-11(2,7-8-14)13-9-12(10-13)5-3-4-6-12/h14H,3-10H2,1-2H3. The second-order valence-corrected chi connectivity index (χ2v) is 5.85. The monoisotopic (exact) mass is 197 g/mol. The molecule has 1 saturated carbocycles. The lowest BCUT2D eigenvalue weighted by Gasteiger charge is -2.55. The number of rotatable bonds is 3. The predicted molar refractivity (Wildman–Crippen MR) is 58.3 cm³/mol. The molecule has 2 nitrogen and oxygen atoms in total. The Hall–Kier alpha value is -0.0800. The van der Waals surface area contributed by atoms with E-state index in [2.05, 4.69) is 18.7 Å². The molecule has 0 bridgehead atoms. The molecule has 0 aromatic heterocycles. The fourth-order valence-electron chi connectivity index (χ4n) is 3.06. The number of nitrogens with zero attached hydrogens (tertiary/aromatic N) is 1. The summed E-state index contributed by atoms with van der Waals surface area (Å²) >= 11 is 0. The third-order valence-corrected chi connectivity index (χ3v) is 4.30. The molecular formula is C12H23NO. The van der Waals surface area contributed by atoms with Crippen LogP contribution in [0.4, 0.5) is 0 Å². The maximum Gasteiger partial charge on any atom is 0.0448 e. The molecule has 1 spiro atoms. The molecule has 2 heteroatoms. The van der Waals surface area contributed by atoms with Crippen molar-refractivity contribution >= 4 is 0 Å². The van der Waals surface area contributed by atoms with Gasteiger partial charge in [-0.25, -0.2) is 0 Å². The molecular weight excluding hydrogens is 174 g/mol. The number of aliphatic hydroxyl groups excluding tert-OH is 1. The zero-order chi connectivity index (χ0) is 10.2. The van der Waals surface area contributed by atoms with E-state index >= 15 is 0 Å². The summed E-state index contributed by atoms with van der Waals surface area (Å²) in [4.78, 5) is 2.55. The van der Waals surface area contributed by atoms with Crippen molar-refractivity contribution < 1.29 is 5.11 Å². The average molecular weight is 197 g/mol. The number of hydrogen-bond donors (Lipinski definition) is 1. The zero-order valence-corrected chi connectivity index (χ0v) is 9.55. The number of aliphatic hydroxyl groups is 1. The van der Waals surface area contributed by atoms with Crippen molar-refractivity contribution in [1.29, 1.82) is 0 Å². The Morgan fingerprint density at radius 2 is 1.79 bits per heavy atom. The Morgan fingerprint density at radius 1 is 1.21 bits per heavy atom. The minimum absolute atomic E-state index is 0.211. The van der Waals surface area contributed by atoms with Gasteiger partial charge in [-0.1, -0.05) is 12.8 Å². The van der Waals surface area contributed by atoms with Crippen LogP contribution in [0, 0.1) is 5.41 Å². The van der Waals surface area contributed by atoms with Gasteiger partial charge >= 0.3 is 0 Å². The van der Waals surface area contributed by atoms with Gasteiger partial charge in [0.1, 0.15) is 0 Å². The zero-order valence-electron chi connectivity index (χ0n) is 9.55. The highest BCUT2D eigenvalue weighted by Crippen LogP contribution is 2.48. The van der Waals surface area contributed by atoms with E-state index in [1.165, 1.54) is 38.8 Å². The molecule has 1 saturated heterocycles. The predicted octanol–water partition coefficient (Wildman–Crippen LogP) is 2.02. The summed E-state index contributed by atoms with van der Waals surface area (Å²) in [6.45, 7) is 7.38. The van der Waals surface area contributed by atoms with E-state index in [9.17, 15) is 0 Å². The first-order valence-corrected chi connectivity index (χ1v) is 5.94. The van der Waals surface area contributed by atoms with Gasteiger partial charge in [-0.2, -0.15) is 0 Å². The quantitative estimate of drug-likeness (QED) is 0.748. The molecule has 1 aliphatic heterocycles. The van der Waals surface area contributed by atoms with Crippen molar-refractivity contribution in [2.45, 2.75) is 51.5 Å². The Labute approximate surface area is 87.3 Å². The molecule has 0 unspecified atom stereocenters. The first-order chi connectivity index (χ1) is 6.58. The highest BCUT2D eigenvalue weighted by Gasteiger charge is 2.48. The summed E-state index contributed by atoms with van der Waals surface area (Å²) < 4.78 is 0. The van der Waals surface area contributed by atoms with Crippen molar-refractivity contribution in [3.63, 3.8) is 0 Å². The third kappa shape index (κ3) is 1.70. The average Bonchev–Trinajstić information content (AvgIpc) is 2.48. The summed E-state index contributed by atoms with van der Waals surface area (Å²) in [7, 11) is 0. The van der Waals surface area contributed by atoms with E-state index in [0.29, 0.717) is 12.0 Å². The molecule has 2 fully saturated rings. The van der Waals surface area contributed by atoms with Gasteiger partial charge in [0, 0.05) is 25.2 Å². The molecule has 14 heavy (non-hydrogen) atoms. The van der Waals surface area contributed by atoms with Crippen LogP contribution in [0.2, 0.25) is 0 Å². The van der Waals surface area contributed by atoms with Crippen molar-refractivity contribution in [2.75, 3.05) is 19.7 Å². The van der Waals surface area contributed by atoms with Crippen LogP contribution in [-0.4, -0.2) is 35.2 Å². The lowest BCUT2D eigenvalue weighted by Crippen LogP contribution is -2.62. The molecule has 1 heterocycles. The highest BCUT2D eigenvalue weighted by atomic mass is 16.3. The second-order valence-electron chi connectivity index (χ2n) is 5.85. The summed E-state index contributed by atoms with van der Waals surface area (Å²) in [5.74, 6) is 0. The molecule has 1 aliphatic carbocycles. The van der Waals surface area contributed by atoms with E-state index in [1.807, 2.05) is 0 Å². The summed E-state index contributed by atoms with van der Waals surface area (Å²) in [5, 5.41) is 9.00. The van der Waals surface area contributed by atoms with Crippen LogP contribution in [0.3, 0.4) is 0 Å². The van der Waals surface area contributed by atoms with Crippen molar-refractivity contribution in [1.82, 2.24) is 4.90 Å². The smallest absolute Gasteiger partial charge is 0.0448 e. The van der Waals surface area contributed by atoms with Crippen LogP contribution in [0.5, 0.6) is 0 Å². The molecule has 0 aromatic rings. The largest absolute Gasteiger partial charge is 0.396 e. The molecule has 2 rings (SSSR count). The maximum absolute atomic E-state index is 9.00. The van der Waals surface area contributed by atoms with Gasteiger partial charge in [0.05, 0.1) is 0 Å². The Bertz CT molecular complexity index is 198. The van der Waals surface area contributed by atoms with E-state index in [-0.39, 0.29) is 5.54 Å². The summed E-state index contributed by atoms with van der Waals surface area (Å²) in [5.41, 5.74) is 0.898. The molecule has 1 N–H and O–H groups in total. The lowest BCUT2D eigenvalue weighted by atomic mass is 9.75. The molecule has 0 atom stereocenters. The third-order valence-electron chi connectivity index (χ3n) is 4.30. The van der Waals surface area contributed by atoms with Crippen LogP contribution in [0.1, 0.15) is 46.0 Å². The normalized spacial score (nSPS) is 26.8. The molecule has 0 amide bonds. The second kappa shape index (κ2) is 3.49. The molecule has 82 valence electrons. The van der Waals surface area contributed by atoms with E-state index in [0.717, 1.165) is 6.42 Å². The van der Waals surface area contributed by atoms with Crippen molar-refractivity contribution in [3.05, 3.63) is 0 Å². The minimum atomic E-state index is 0.211. The van der Waals surface area contributed by atoms with Gasteiger partial charge in [-0.15, -0.1) is 0 Å². The SMILES string of the molecule is CC(C)(CCO)N1CC2(CCCC2)C1. The first-order valence-electron chi connectivity index (χ1n) is 5.94. The highest BCUT2D eigenvalue weighted by molar-refractivity contribution is 5.02. The van der Waals surface area contributed by atoms with Gasteiger partial charge in [0.15, 0.2) is 0 Å². The van der Waals surface area contributed by atoms with Gasteiger partial charge in [0.2, 0.25) is 0 Å². The maximum atomic E-state index is 9.00. The molecule has 0 aromatic carbocycles.